The van der Waals surface area contributed by atoms with E-state index >= 15 is 0 Å². The van der Waals surface area contributed by atoms with Crippen LogP contribution < -0.4 is 0 Å². The van der Waals surface area contributed by atoms with Gasteiger partial charge in [-0.25, -0.2) is 0 Å². The van der Waals surface area contributed by atoms with Crippen LogP contribution in [0.3, 0.4) is 0 Å². The number of carbonyl (C=O) groups excluding carboxylic acids is 3. The first-order valence-corrected chi connectivity index (χ1v) is 13.1. The number of likely N-dealkylation sites (tertiary alicyclic amines) is 1. The molecule has 0 aromatic carbocycles. The third kappa shape index (κ3) is 4.27. The van der Waals surface area contributed by atoms with Gasteiger partial charge in [0.05, 0.1) is 31.3 Å². The fourth-order valence-corrected chi connectivity index (χ4v) is 6.46. The lowest BCUT2D eigenvalue weighted by atomic mass is 9.74. The van der Waals surface area contributed by atoms with Crippen LogP contribution in [0.25, 0.3) is 0 Å². The quantitative estimate of drug-likeness (QED) is 0.293. The molecule has 0 saturated carbocycles. The second-order valence-electron chi connectivity index (χ2n) is 10.5. The molecular weight excluding hydrogens is 466 g/mol. The van der Waals surface area contributed by atoms with Crippen molar-refractivity contribution in [1.29, 1.82) is 0 Å². The molecule has 36 heavy (non-hydrogen) atoms. The molecule has 0 aromatic rings. The zero-order chi connectivity index (χ0) is 25.3. The zero-order valence-corrected chi connectivity index (χ0v) is 21.0. The Morgan fingerprint density at radius 1 is 0.972 bits per heavy atom. The molecule has 10 nitrogen and oxygen atoms in total. The van der Waals surface area contributed by atoms with E-state index in [2.05, 4.69) is 4.90 Å². The molecule has 5 heterocycles. The summed E-state index contributed by atoms with van der Waals surface area (Å²) in [6, 6.07) is -0.872. The van der Waals surface area contributed by atoms with Gasteiger partial charge in [0, 0.05) is 45.9 Å². The number of hydrogen-bond acceptors (Lipinski definition) is 8. The van der Waals surface area contributed by atoms with Gasteiger partial charge in [-0.1, -0.05) is 24.3 Å². The highest BCUT2D eigenvalue weighted by atomic mass is 16.6. The van der Waals surface area contributed by atoms with Gasteiger partial charge in [-0.15, -0.1) is 0 Å². The Morgan fingerprint density at radius 2 is 1.78 bits per heavy atom. The Hall–Kier alpha value is -2.27. The third-order valence-corrected chi connectivity index (χ3v) is 8.20. The van der Waals surface area contributed by atoms with E-state index in [-0.39, 0.29) is 25.0 Å². The van der Waals surface area contributed by atoms with Crippen LogP contribution in [0.5, 0.6) is 0 Å². The van der Waals surface area contributed by atoms with Crippen molar-refractivity contribution >= 4 is 17.8 Å². The Labute approximate surface area is 211 Å². The number of fused-ring (bicyclic) bond motifs is 2. The molecule has 3 fully saturated rings. The van der Waals surface area contributed by atoms with E-state index in [0.29, 0.717) is 52.1 Å². The number of hydrogen-bond donors (Lipinski definition) is 1. The van der Waals surface area contributed by atoms with Crippen molar-refractivity contribution in [3.63, 3.8) is 0 Å². The molecule has 3 saturated heterocycles. The number of nitrogens with zero attached hydrogens (tertiary/aromatic N) is 3. The number of unbranched alkanes of at least 4 members (excludes halogenated alkanes) is 1. The monoisotopic (exact) mass is 503 g/mol. The Kier molecular flexibility index (Phi) is 7.22. The number of amides is 2. The second-order valence-corrected chi connectivity index (χ2v) is 10.5. The van der Waals surface area contributed by atoms with Crippen molar-refractivity contribution in [2.45, 2.75) is 43.4 Å². The van der Waals surface area contributed by atoms with E-state index in [4.69, 9.17) is 14.2 Å². The van der Waals surface area contributed by atoms with Crippen molar-refractivity contribution in [3.8, 4) is 0 Å². The van der Waals surface area contributed by atoms with Crippen molar-refractivity contribution in [1.82, 2.24) is 14.7 Å². The maximum atomic E-state index is 14.1. The lowest BCUT2D eigenvalue weighted by molar-refractivity contribution is -0.160. The number of carbonyl (C=O) groups is 3. The van der Waals surface area contributed by atoms with Crippen molar-refractivity contribution < 1.29 is 33.7 Å². The highest BCUT2D eigenvalue weighted by Crippen LogP contribution is 2.57. The van der Waals surface area contributed by atoms with Gasteiger partial charge in [-0.3, -0.25) is 19.3 Å². The van der Waals surface area contributed by atoms with E-state index in [1.54, 1.807) is 9.80 Å². The first kappa shape index (κ1) is 25.4. The maximum absolute atomic E-state index is 14.1. The molecule has 0 aromatic heterocycles. The molecule has 10 heteroatoms. The molecule has 5 aliphatic heterocycles. The summed E-state index contributed by atoms with van der Waals surface area (Å²) in [5, 5.41) is 9.32. The molecule has 0 aliphatic carbocycles. The summed E-state index contributed by atoms with van der Waals surface area (Å²) in [5.41, 5.74) is -2.31. The molecule has 0 bridgehead atoms. The predicted molar refractivity (Wildman–Crippen MR) is 129 cm³/mol. The van der Waals surface area contributed by atoms with Gasteiger partial charge in [0.25, 0.3) is 0 Å². The molecule has 1 spiro atoms. The first-order valence-electron chi connectivity index (χ1n) is 13.1. The van der Waals surface area contributed by atoms with Crippen LogP contribution in [-0.4, -0.2) is 121 Å². The normalized spacial score (nSPS) is 36.7. The van der Waals surface area contributed by atoms with Crippen LogP contribution in [0.2, 0.25) is 0 Å². The molecule has 0 radical (unpaired) electrons. The van der Waals surface area contributed by atoms with E-state index < -0.39 is 35.0 Å². The third-order valence-electron chi connectivity index (χ3n) is 8.20. The number of morpholine rings is 1. The van der Waals surface area contributed by atoms with Gasteiger partial charge in [0.2, 0.25) is 11.8 Å². The van der Waals surface area contributed by atoms with Gasteiger partial charge in [-0.2, -0.15) is 0 Å². The largest absolute Gasteiger partial charge is 0.465 e. The second kappa shape index (κ2) is 10.2. The first-order chi connectivity index (χ1) is 17.4. The summed E-state index contributed by atoms with van der Waals surface area (Å²) >= 11 is 0. The zero-order valence-electron chi connectivity index (χ0n) is 21.0. The number of cyclic esters (lactones) is 1. The summed E-state index contributed by atoms with van der Waals surface area (Å²) in [7, 11) is 0. The summed E-state index contributed by atoms with van der Waals surface area (Å²) < 4.78 is 17.7. The van der Waals surface area contributed by atoms with E-state index in [1.807, 2.05) is 31.2 Å². The molecule has 2 amide bonds. The molecule has 5 rings (SSSR count). The molecule has 1 N–H and O–H groups in total. The van der Waals surface area contributed by atoms with Gasteiger partial charge < -0.3 is 29.1 Å². The predicted octanol–water partition coefficient (Wildman–Crippen LogP) is -0.0365. The molecule has 5 aliphatic rings. The van der Waals surface area contributed by atoms with Crippen molar-refractivity contribution in [2.24, 2.45) is 11.8 Å². The topological polar surface area (TPSA) is 109 Å². The number of aliphatic hydroxyl groups excluding tert-OH is 1. The fraction of sp³-hybridized carbons (Fsp3) is 0.731. The average Bonchev–Trinajstić information content (AvgIpc) is 3.18. The van der Waals surface area contributed by atoms with Crippen LogP contribution in [-0.2, 0) is 28.6 Å². The molecular formula is C26H37N3O7. The van der Waals surface area contributed by atoms with E-state index in [9.17, 15) is 19.5 Å². The maximum Gasteiger partial charge on any atom is 0.313 e. The minimum Gasteiger partial charge on any atom is -0.465 e. The van der Waals surface area contributed by atoms with Crippen LogP contribution in [0, 0.1) is 11.8 Å². The molecule has 198 valence electrons. The molecule has 5 atom stereocenters. The number of ether oxygens (including phenoxy) is 3. The molecule has 1 unspecified atom stereocenters. The number of rotatable bonds is 7. The number of aliphatic hydroxyl groups is 1. The van der Waals surface area contributed by atoms with Gasteiger partial charge in [0.15, 0.2) is 0 Å². The Balaban J connectivity index is 1.48. The van der Waals surface area contributed by atoms with Gasteiger partial charge in [0.1, 0.15) is 17.6 Å². The van der Waals surface area contributed by atoms with Crippen molar-refractivity contribution in [2.75, 3.05) is 65.7 Å². The smallest absolute Gasteiger partial charge is 0.313 e. The van der Waals surface area contributed by atoms with Gasteiger partial charge in [-0.05, 0) is 26.2 Å². The van der Waals surface area contributed by atoms with Crippen LogP contribution in [0.15, 0.2) is 24.3 Å². The lowest BCUT2D eigenvalue weighted by Gasteiger charge is -2.38. The summed E-state index contributed by atoms with van der Waals surface area (Å²) in [6.07, 6.45) is 9.20. The standard InChI is InChI=1S/C26H37N3O7/c1-25-7-2-5-16-35-24(33)20(25)19-22(31)29(10-3-4-15-30)21-23(32)28(9-6-8-26(19,21)36-25)12-11-27-13-17-34-18-14-27/h2,6-8,19-21,30H,3-5,9-18H2,1H3/t19-,20-,21?,25+,26-/m0/s1. The highest BCUT2D eigenvalue weighted by molar-refractivity contribution is 5.99. The highest BCUT2D eigenvalue weighted by Gasteiger charge is 2.74. The Bertz CT molecular complexity index is 932. The minimum absolute atomic E-state index is 0.00904. The van der Waals surface area contributed by atoms with Crippen LogP contribution in [0.4, 0.5) is 0 Å². The minimum atomic E-state index is -1.26. The van der Waals surface area contributed by atoms with Crippen LogP contribution in [0.1, 0.15) is 26.2 Å². The van der Waals surface area contributed by atoms with E-state index in [0.717, 1.165) is 19.6 Å². The van der Waals surface area contributed by atoms with Gasteiger partial charge >= 0.3 is 5.97 Å². The average molecular weight is 504 g/mol. The van der Waals surface area contributed by atoms with Crippen molar-refractivity contribution in [3.05, 3.63) is 24.3 Å². The summed E-state index contributed by atoms with van der Waals surface area (Å²) in [4.78, 5) is 47.0. The van der Waals surface area contributed by atoms with E-state index in [1.165, 1.54) is 0 Å². The summed E-state index contributed by atoms with van der Waals surface area (Å²) in [5.74, 6) is -2.57. The number of esters is 1. The Morgan fingerprint density at radius 3 is 2.56 bits per heavy atom. The van der Waals surface area contributed by atoms with Crippen LogP contribution >= 0.6 is 0 Å². The lowest BCUT2D eigenvalue weighted by Crippen LogP contribution is -2.56. The summed E-state index contributed by atoms with van der Waals surface area (Å²) in [6.45, 7) is 7.09. The SMILES string of the molecule is C[C@@]12C=CCCOC(=O)[C@@H]1[C@H]1C(=O)N(CCCCO)C3C(=O)N(CCN4CCOCC4)CC=C[C@@]31O2. The fourth-order valence-electron chi connectivity index (χ4n) is 6.46.